The lowest BCUT2D eigenvalue weighted by atomic mass is 10.1. The maximum atomic E-state index is 13.5. The SMILES string of the molecule is COc1ccc(S(=O)(=O)N2CCCCCC2c2sccc2C)cc1OC. The highest BCUT2D eigenvalue weighted by atomic mass is 32.2. The van der Waals surface area contributed by atoms with Gasteiger partial charge in [0.25, 0.3) is 0 Å². The Hall–Kier alpha value is -1.57. The fourth-order valence-corrected chi connectivity index (χ4v) is 6.29. The van der Waals surface area contributed by atoms with Crippen molar-refractivity contribution in [3.63, 3.8) is 0 Å². The van der Waals surface area contributed by atoms with Gasteiger partial charge < -0.3 is 9.47 Å². The van der Waals surface area contributed by atoms with Crippen LogP contribution in [-0.2, 0) is 10.0 Å². The van der Waals surface area contributed by atoms with Crippen molar-refractivity contribution in [2.75, 3.05) is 20.8 Å². The molecule has 0 amide bonds. The first-order valence-electron chi connectivity index (χ1n) is 8.77. The summed E-state index contributed by atoms with van der Waals surface area (Å²) in [5.41, 5.74) is 1.16. The van der Waals surface area contributed by atoms with Crippen LogP contribution in [0.25, 0.3) is 0 Å². The van der Waals surface area contributed by atoms with Crippen LogP contribution in [0.2, 0.25) is 0 Å². The minimum Gasteiger partial charge on any atom is -0.493 e. The minimum atomic E-state index is -3.63. The highest BCUT2D eigenvalue weighted by molar-refractivity contribution is 7.89. The molecule has 1 unspecified atom stereocenters. The summed E-state index contributed by atoms with van der Waals surface area (Å²) >= 11 is 1.64. The summed E-state index contributed by atoms with van der Waals surface area (Å²) in [6.45, 7) is 2.59. The number of ether oxygens (including phenoxy) is 2. The van der Waals surface area contributed by atoms with E-state index >= 15 is 0 Å². The minimum absolute atomic E-state index is 0.101. The van der Waals surface area contributed by atoms with Gasteiger partial charge in [-0.05, 0) is 48.9 Å². The van der Waals surface area contributed by atoms with Gasteiger partial charge in [0.15, 0.2) is 11.5 Å². The molecule has 1 fully saturated rings. The highest BCUT2D eigenvalue weighted by Gasteiger charge is 2.35. The van der Waals surface area contributed by atoms with Crippen LogP contribution in [0, 0.1) is 6.92 Å². The summed E-state index contributed by atoms with van der Waals surface area (Å²) in [7, 11) is -0.580. The fraction of sp³-hybridized carbons (Fsp3) is 0.474. The van der Waals surface area contributed by atoms with Gasteiger partial charge in [-0.25, -0.2) is 8.42 Å². The van der Waals surface area contributed by atoms with Gasteiger partial charge >= 0.3 is 0 Å². The molecule has 1 aliphatic heterocycles. The summed E-state index contributed by atoms with van der Waals surface area (Å²) < 4.78 is 39.1. The van der Waals surface area contributed by atoms with Crippen molar-refractivity contribution in [3.8, 4) is 11.5 Å². The molecule has 3 rings (SSSR count). The first kappa shape index (κ1) is 19.2. The number of thiophene rings is 1. The normalized spacial score (nSPS) is 19.1. The van der Waals surface area contributed by atoms with E-state index in [2.05, 4.69) is 13.0 Å². The maximum absolute atomic E-state index is 13.5. The molecule has 142 valence electrons. The van der Waals surface area contributed by atoms with Gasteiger partial charge in [-0.2, -0.15) is 4.31 Å². The predicted molar refractivity (Wildman–Crippen MR) is 104 cm³/mol. The lowest BCUT2D eigenvalue weighted by Crippen LogP contribution is -2.34. The lowest BCUT2D eigenvalue weighted by Gasteiger charge is -2.29. The Morgan fingerprint density at radius 2 is 1.85 bits per heavy atom. The van der Waals surface area contributed by atoms with Gasteiger partial charge in [-0.1, -0.05) is 12.8 Å². The summed E-state index contributed by atoms with van der Waals surface area (Å²) in [5, 5.41) is 2.04. The molecule has 0 aliphatic carbocycles. The molecule has 2 heterocycles. The van der Waals surface area contributed by atoms with Gasteiger partial charge in [0.1, 0.15) is 0 Å². The van der Waals surface area contributed by atoms with Crippen LogP contribution in [0.4, 0.5) is 0 Å². The summed E-state index contributed by atoms with van der Waals surface area (Å²) in [6, 6.07) is 6.76. The van der Waals surface area contributed by atoms with Crippen LogP contribution in [-0.4, -0.2) is 33.5 Å². The van der Waals surface area contributed by atoms with E-state index < -0.39 is 10.0 Å². The highest BCUT2D eigenvalue weighted by Crippen LogP contribution is 2.39. The Labute approximate surface area is 159 Å². The Balaban J connectivity index is 2.04. The van der Waals surface area contributed by atoms with E-state index in [1.807, 2.05) is 5.38 Å². The molecule has 7 heteroatoms. The van der Waals surface area contributed by atoms with E-state index in [0.717, 1.165) is 36.1 Å². The third-order valence-corrected chi connectivity index (χ3v) is 7.89. The number of hydrogen-bond acceptors (Lipinski definition) is 5. The van der Waals surface area contributed by atoms with Gasteiger partial charge in [-0.3, -0.25) is 0 Å². The zero-order chi connectivity index (χ0) is 18.7. The molecular formula is C19H25NO4S2. The van der Waals surface area contributed by atoms with Crippen molar-refractivity contribution in [3.05, 3.63) is 40.1 Å². The predicted octanol–water partition coefficient (Wildman–Crippen LogP) is 4.38. The van der Waals surface area contributed by atoms with E-state index in [-0.39, 0.29) is 10.9 Å². The molecule has 0 radical (unpaired) electrons. The molecule has 0 spiro atoms. The number of benzene rings is 1. The van der Waals surface area contributed by atoms with E-state index in [0.29, 0.717) is 18.0 Å². The second kappa shape index (κ2) is 7.98. The lowest BCUT2D eigenvalue weighted by molar-refractivity contribution is 0.331. The molecule has 1 aromatic heterocycles. The van der Waals surface area contributed by atoms with Gasteiger partial charge in [-0.15, -0.1) is 11.3 Å². The van der Waals surface area contributed by atoms with Crippen molar-refractivity contribution < 1.29 is 17.9 Å². The largest absolute Gasteiger partial charge is 0.493 e. The van der Waals surface area contributed by atoms with E-state index in [9.17, 15) is 8.42 Å². The molecule has 1 aromatic carbocycles. The third kappa shape index (κ3) is 3.61. The average Bonchev–Trinajstić information content (AvgIpc) is 2.92. The van der Waals surface area contributed by atoms with E-state index in [4.69, 9.17) is 9.47 Å². The van der Waals surface area contributed by atoms with Crippen LogP contribution < -0.4 is 9.47 Å². The second-order valence-electron chi connectivity index (χ2n) is 6.47. The van der Waals surface area contributed by atoms with Crippen LogP contribution in [0.1, 0.15) is 42.2 Å². The molecule has 1 aliphatic rings. The number of hydrogen-bond donors (Lipinski definition) is 0. The monoisotopic (exact) mass is 395 g/mol. The number of aryl methyl sites for hydroxylation is 1. The van der Waals surface area contributed by atoms with Crippen molar-refractivity contribution in [2.45, 2.75) is 43.5 Å². The van der Waals surface area contributed by atoms with Crippen molar-refractivity contribution in [1.82, 2.24) is 4.31 Å². The number of sulfonamides is 1. The van der Waals surface area contributed by atoms with Gasteiger partial charge in [0.2, 0.25) is 10.0 Å². The summed E-state index contributed by atoms with van der Waals surface area (Å²) in [5.74, 6) is 0.945. The standard InChI is InChI=1S/C19H25NO4S2/c1-14-10-12-25-19(14)16-7-5-4-6-11-20(16)26(21,22)15-8-9-17(23-2)18(13-15)24-3/h8-10,12-13,16H,4-7,11H2,1-3H3. The van der Waals surface area contributed by atoms with Crippen molar-refractivity contribution in [2.24, 2.45) is 0 Å². The maximum Gasteiger partial charge on any atom is 0.243 e. The molecule has 0 bridgehead atoms. The Kier molecular flexibility index (Phi) is 5.89. The zero-order valence-electron chi connectivity index (χ0n) is 15.4. The molecule has 0 saturated carbocycles. The molecule has 26 heavy (non-hydrogen) atoms. The molecule has 1 atom stereocenters. The molecule has 1 saturated heterocycles. The second-order valence-corrected chi connectivity index (χ2v) is 9.30. The molecule has 2 aromatic rings. The Bertz CT molecular complexity index is 860. The third-order valence-electron chi connectivity index (χ3n) is 4.87. The van der Waals surface area contributed by atoms with Crippen LogP contribution in [0.3, 0.4) is 0 Å². The quantitative estimate of drug-likeness (QED) is 0.754. The number of methoxy groups -OCH3 is 2. The smallest absolute Gasteiger partial charge is 0.243 e. The number of rotatable bonds is 5. The van der Waals surface area contributed by atoms with Crippen LogP contribution in [0.15, 0.2) is 34.5 Å². The van der Waals surface area contributed by atoms with Crippen molar-refractivity contribution in [1.29, 1.82) is 0 Å². The Morgan fingerprint density at radius 3 is 2.50 bits per heavy atom. The summed E-state index contributed by atoms with van der Waals surface area (Å²) in [4.78, 5) is 1.40. The first-order chi connectivity index (χ1) is 12.5. The topological polar surface area (TPSA) is 55.8 Å². The Morgan fingerprint density at radius 1 is 1.08 bits per heavy atom. The molecular weight excluding hydrogens is 370 g/mol. The van der Waals surface area contributed by atoms with E-state index in [1.54, 1.807) is 33.8 Å². The van der Waals surface area contributed by atoms with Crippen LogP contribution in [0.5, 0.6) is 11.5 Å². The zero-order valence-corrected chi connectivity index (χ0v) is 17.0. The van der Waals surface area contributed by atoms with Gasteiger partial charge in [0.05, 0.1) is 25.2 Å². The fourth-order valence-electron chi connectivity index (χ4n) is 3.47. The molecule has 0 N–H and O–H groups in total. The number of nitrogens with zero attached hydrogens (tertiary/aromatic N) is 1. The van der Waals surface area contributed by atoms with E-state index in [1.165, 1.54) is 14.2 Å². The molecule has 5 nitrogen and oxygen atoms in total. The summed E-state index contributed by atoms with van der Waals surface area (Å²) in [6.07, 6.45) is 3.83. The van der Waals surface area contributed by atoms with Crippen molar-refractivity contribution >= 4 is 21.4 Å². The first-order valence-corrected chi connectivity index (χ1v) is 11.1. The van der Waals surface area contributed by atoms with Crippen LogP contribution >= 0.6 is 11.3 Å². The average molecular weight is 396 g/mol. The van der Waals surface area contributed by atoms with Gasteiger partial charge in [0, 0.05) is 17.5 Å².